The maximum Gasteiger partial charge on any atom is 0.170 e. The van der Waals surface area contributed by atoms with Gasteiger partial charge >= 0.3 is 0 Å². The molecule has 0 spiro atoms. The van der Waals surface area contributed by atoms with Crippen LogP contribution in [-0.2, 0) is 6.42 Å². The number of benzene rings is 1. The van der Waals surface area contributed by atoms with Crippen LogP contribution in [0.25, 0.3) is 0 Å². The van der Waals surface area contributed by atoms with Crippen molar-refractivity contribution in [2.75, 3.05) is 12.4 Å². The van der Waals surface area contributed by atoms with Gasteiger partial charge in [-0.25, -0.2) is 4.98 Å². The van der Waals surface area contributed by atoms with Gasteiger partial charge in [-0.1, -0.05) is 34.6 Å². The number of thioether (sulfide) groups is 1. The van der Waals surface area contributed by atoms with E-state index in [1.165, 1.54) is 11.5 Å². The van der Waals surface area contributed by atoms with Crippen LogP contribution in [0.15, 0.2) is 33.1 Å². The zero-order chi connectivity index (χ0) is 12.8. The minimum Gasteiger partial charge on any atom is -0.493 e. The zero-order valence-corrected chi connectivity index (χ0v) is 13.1. The molecule has 1 aromatic heterocycles. The first-order valence-corrected chi connectivity index (χ1v) is 8.17. The number of nitrogens with zero attached hydrogens (tertiary/aromatic N) is 2. The molecule has 2 aromatic rings. The van der Waals surface area contributed by atoms with Crippen molar-refractivity contribution < 1.29 is 4.74 Å². The Kier molecular flexibility index (Phi) is 5.46. The van der Waals surface area contributed by atoms with Crippen molar-refractivity contribution in [1.82, 2.24) is 9.36 Å². The molecule has 0 amide bonds. The Balaban J connectivity index is 1.71. The number of aryl methyl sites for hydroxylation is 1. The van der Waals surface area contributed by atoms with Crippen LogP contribution in [0.3, 0.4) is 0 Å². The first kappa shape index (κ1) is 13.8. The van der Waals surface area contributed by atoms with Crippen LogP contribution >= 0.6 is 39.2 Å². The zero-order valence-electron chi connectivity index (χ0n) is 9.93. The van der Waals surface area contributed by atoms with Gasteiger partial charge in [0.05, 0.1) is 6.61 Å². The van der Waals surface area contributed by atoms with E-state index < -0.39 is 0 Å². The molecule has 2 rings (SSSR count). The van der Waals surface area contributed by atoms with Gasteiger partial charge in [0.15, 0.2) is 4.34 Å². The minimum absolute atomic E-state index is 0.674. The highest BCUT2D eigenvalue weighted by molar-refractivity contribution is 9.10. The number of rotatable bonds is 6. The molecule has 6 heteroatoms. The van der Waals surface area contributed by atoms with Crippen LogP contribution in [0, 0.1) is 0 Å². The lowest BCUT2D eigenvalue weighted by molar-refractivity contribution is 0.344. The maximum atomic E-state index is 5.63. The Bertz CT molecular complexity index is 487. The van der Waals surface area contributed by atoms with Gasteiger partial charge in [-0.2, -0.15) is 4.37 Å². The van der Waals surface area contributed by atoms with Gasteiger partial charge in [0.1, 0.15) is 11.6 Å². The molecule has 0 atom stereocenters. The average molecular weight is 345 g/mol. The highest BCUT2D eigenvalue weighted by atomic mass is 79.9. The summed E-state index contributed by atoms with van der Waals surface area (Å²) >= 11 is 6.55. The fourth-order valence-corrected chi connectivity index (χ4v) is 3.11. The lowest BCUT2D eigenvalue weighted by Crippen LogP contribution is -1.99. The lowest BCUT2D eigenvalue weighted by atomic mass is 10.3. The van der Waals surface area contributed by atoms with Gasteiger partial charge in [-0.05, 0) is 35.8 Å². The third kappa shape index (κ3) is 4.26. The molecule has 0 radical (unpaired) electrons. The van der Waals surface area contributed by atoms with Gasteiger partial charge < -0.3 is 4.74 Å². The SMILES string of the molecule is CCc1nsc(SCCOc2ccc(Br)cc2)n1. The number of hydrogen-bond donors (Lipinski definition) is 0. The Morgan fingerprint density at radius 2 is 2.11 bits per heavy atom. The molecular formula is C12H13BrN2OS2. The Morgan fingerprint density at radius 3 is 2.78 bits per heavy atom. The van der Waals surface area contributed by atoms with Crippen LogP contribution in [0.2, 0.25) is 0 Å². The van der Waals surface area contributed by atoms with E-state index in [1.54, 1.807) is 11.8 Å². The van der Waals surface area contributed by atoms with Crippen molar-refractivity contribution in [3.8, 4) is 5.75 Å². The fourth-order valence-electron chi connectivity index (χ4n) is 1.26. The summed E-state index contributed by atoms with van der Waals surface area (Å²) in [6, 6.07) is 7.85. The summed E-state index contributed by atoms with van der Waals surface area (Å²) in [4.78, 5) is 4.39. The Hall–Kier alpha value is -0.590. The van der Waals surface area contributed by atoms with Crippen molar-refractivity contribution in [2.45, 2.75) is 17.7 Å². The molecule has 0 unspecified atom stereocenters. The first-order chi connectivity index (χ1) is 8.78. The third-order valence-electron chi connectivity index (χ3n) is 2.16. The second-order valence-corrected chi connectivity index (χ2v) is 6.49. The summed E-state index contributed by atoms with van der Waals surface area (Å²) < 4.78 is 12.0. The maximum absolute atomic E-state index is 5.63. The molecule has 0 saturated heterocycles. The van der Waals surface area contributed by atoms with E-state index in [4.69, 9.17) is 4.74 Å². The van der Waals surface area contributed by atoms with E-state index in [0.717, 1.165) is 32.6 Å². The van der Waals surface area contributed by atoms with Crippen molar-refractivity contribution >= 4 is 39.2 Å². The quantitative estimate of drug-likeness (QED) is 0.585. The molecule has 0 bridgehead atoms. The molecule has 18 heavy (non-hydrogen) atoms. The number of aromatic nitrogens is 2. The molecule has 96 valence electrons. The van der Waals surface area contributed by atoms with E-state index >= 15 is 0 Å². The summed E-state index contributed by atoms with van der Waals surface area (Å²) in [6.45, 7) is 2.74. The van der Waals surface area contributed by atoms with Crippen LogP contribution in [0.5, 0.6) is 5.75 Å². The van der Waals surface area contributed by atoms with E-state index in [-0.39, 0.29) is 0 Å². The van der Waals surface area contributed by atoms with Gasteiger partial charge in [0, 0.05) is 16.6 Å². The smallest absolute Gasteiger partial charge is 0.170 e. The van der Waals surface area contributed by atoms with E-state index in [2.05, 4.69) is 32.2 Å². The molecule has 1 heterocycles. The Labute approximate surface area is 123 Å². The van der Waals surface area contributed by atoms with Gasteiger partial charge in [0.25, 0.3) is 0 Å². The second-order valence-electron chi connectivity index (χ2n) is 3.48. The van der Waals surface area contributed by atoms with Crippen molar-refractivity contribution in [3.63, 3.8) is 0 Å². The molecule has 0 aliphatic carbocycles. The molecule has 0 saturated carbocycles. The van der Waals surface area contributed by atoms with E-state index in [0.29, 0.717) is 6.61 Å². The first-order valence-electron chi connectivity index (χ1n) is 5.61. The predicted octanol–water partition coefficient (Wildman–Crippen LogP) is 4.03. The van der Waals surface area contributed by atoms with Crippen LogP contribution < -0.4 is 4.74 Å². The fraction of sp³-hybridized carbons (Fsp3) is 0.333. The molecule has 0 aliphatic heterocycles. The number of halogens is 1. The van der Waals surface area contributed by atoms with E-state index in [1.807, 2.05) is 24.3 Å². The summed E-state index contributed by atoms with van der Waals surface area (Å²) in [5.74, 6) is 2.70. The predicted molar refractivity (Wildman–Crippen MR) is 79.6 cm³/mol. The highest BCUT2D eigenvalue weighted by Gasteiger charge is 2.02. The third-order valence-corrected chi connectivity index (χ3v) is 4.52. The normalized spacial score (nSPS) is 10.6. The Morgan fingerprint density at radius 1 is 1.33 bits per heavy atom. The van der Waals surface area contributed by atoms with Crippen molar-refractivity contribution in [2.24, 2.45) is 0 Å². The molecule has 0 fully saturated rings. The van der Waals surface area contributed by atoms with Crippen LogP contribution in [0.1, 0.15) is 12.7 Å². The largest absolute Gasteiger partial charge is 0.493 e. The lowest BCUT2D eigenvalue weighted by Gasteiger charge is -2.04. The van der Waals surface area contributed by atoms with E-state index in [9.17, 15) is 0 Å². The topological polar surface area (TPSA) is 35.0 Å². The molecular weight excluding hydrogens is 332 g/mol. The monoisotopic (exact) mass is 344 g/mol. The molecule has 0 aliphatic rings. The summed E-state index contributed by atoms with van der Waals surface area (Å²) in [5.41, 5.74) is 0. The standard InChI is InChI=1S/C12H13BrN2OS2/c1-2-11-14-12(18-15-11)17-8-7-16-10-5-3-9(13)4-6-10/h3-6H,2,7-8H2,1H3. The van der Waals surface area contributed by atoms with Crippen molar-refractivity contribution in [3.05, 3.63) is 34.6 Å². The van der Waals surface area contributed by atoms with Gasteiger partial charge in [-0.15, -0.1) is 0 Å². The number of ether oxygens (including phenoxy) is 1. The summed E-state index contributed by atoms with van der Waals surface area (Å²) in [6.07, 6.45) is 0.895. The molecule has 1 aromatic carbocycles. The van der Waals surface area contributed by atoms with Gasteiger partial charge in [-0.3, -0.25) is 0 Å². The summed E-state index contributed by atoms with van der Waals surface area (Å²) in [5, 5.41) is 0. The average Bonchev–Trinajstić information content (AvgIpc) is 2.85. The van der Waals surface area contributed by atoms with Crippen LogP contribution in [-0.4, -0.2) is 21.7 Å². The summed E-state index contributed by atoms with van der Waals surface area (Å²) in [7, 11) is 0. The molecule has 0 N–H and O–H groups in total. The highest BCUT2D eigenvalue weighted by Crippen LogP contribution is 2.21. The van der Waals surface area contributed by atoms with Gasteiger partial charge in [0.2, 0.25) is 0 Å². The minimum atomic E-state index is 0.674. The van der Waals surface area contributed by atoms with Crippen LogP contribution in [0.4, 0.5) is 0 Å². The molecule has 3 nitrogen and oxygen atoms in total. The number of hydrogen-bond acceptors (Lipinski definition) is 5. The van der Waals surface area contributed by atoms with Crippen molar-refractivity contribution in [1.29, 1.82) is 0 Å². The second kappa shape index (κ2) is 7.11.